The summed E-state index contributed by atoms with van der Waals surface area (Å²) in [6.07, 6.45) is 0. The third-order valence-electron chi connectivity index (χ3n) is 3.68. The first-order valence-electron chi connectivity index (χ1n) is 8.23. The van der Waals surface area contributed by atoms with E-state index in [-0.39, 0.29) is 11.6 Å². The standard InChI is InChI=1S/C19H16Cl2N2O4S/c1-10-5-11(2)18-15(6-10)28-19(23-18)22-16(24)8-27-17(25)9-26-14-4-3-12(20)7-13(14)21/h3-7H,8-9H2,1-2H3,(H,22,23,24). The summed E-state index contributed by atoms with van der Waals surface area (Å²) in [6.45, 7) is 3.15. The number of nitrogens with zero attached hydrogens (tertiary/aromatic N) is 1. The fraction of sp³-hybridized carbons (Fsp3) is 0.211. The Labute approximate surface area is 175 Å². The van der Waals surface area contributed by atoms with Gasteiger partial charge < -0.3 is 9.47 Å². The average molecular weight is 439 g/mol. The smallest absolute Gasteiger partial charge is 0.344 e. The molecule has 0 aliphatic carbocycles. The van der Waals surface area contributed by atoms with E-state index in [1.54, 1.807) is 12.1 Å². The fourth-order valence-corrected chi connectivity index (χ4v) is 4.02. The predicted molar refractivity (Wildman–Crippen MR) is 111 cm³/mol. The van der Waals surface area contributed by atoms with E-state index in [0.717, 1.165) is 21.3 Å². The number of aromatic nitrogens is 1. The lowest BCUT2D eigenvalue weighted by Gasteiger charge is -2.08. The van der Waals surface area contributed by atoms with E-state index in [0.29, 0.717) is 15.9 Å². The van der Waals surface area contributed by atoms with Gasteiger partial charge in [0.05, 0.1) is 15.2 Å². The summed E-state index contributed by atoms with van der Waals surface area (Å²) in [7, 11) is 0. The van der Waals surface area contributed by atoms with Gasteiger partial charge in [-0.2, -0.15) is 0 Å². The van der Waals surface area contributed by atoms with Crippen LogP contribution in [0, 0.1) is 13.8 Å². The quantitative estimate of drug-likeness (QED) is 0.560. The molecule has 0 saturated heterocycles. The van der Waals surface area contributed by atoms with E-state index in [9.17, 15) is 9.59 Å². The number of hydrogen-bond donors (Lipinski definition) is 1. The molecule has 0 unspecified atom stereocenters. The van der Waals surface area contributed by atoms with Crippen molar-refractivity contribution < 1.29 is 19.1 Å². The minimum atomic E-state index is -0.697. The van der Waals surface area contributed by atoms with Crippen LogP contribution in [0.2, 0.25) is 10.0 Å². The van der Waals surface area contributed by atoms with Crippen molar-refractivity contribution >= 4 is 61.8 Å². The summed E-state index contributed by atoms with van der Waals surface area (Å²) >= 11 is 13.1. The molecule has 0 atom stereocenters. The van der Waals surface area contributed by atoms with Gasteiger partial charge in [0, 0.05) is 5.02 Å². The van der Waals surface area contributed by atoms with Crippen molar-refractivity contribution in [3.05, 3.63) is 51.5 Å². The van der Waals surface area contributed by atoms with Gasteiger partial charge in [-0.25, -0.2) is 9.78 Å². The molecule has 0 bridgehead atoms. The molecule has 0 radical (unpaired) electrons. The minimum Gasteiger partial charge on any atom is -0.480 e. The number of carbonyl (C=O) groups is 2. The topological polar surface area (TPSA) is 77.5 Å². The summed E-state index contributed by atoms with van der Waals surface area (Å²) < 4.78 is 11.2. The first-order chi connectivity index (χ1) is 13.3. The molecule has 1 aromatic heterocycles. The number of ether oxygens (including phenoxy) is 2. The van der Waals surface area contributed by atoms with Gasteiger partial charge in [-0.05, 0) is 49.2 Å². The molecule has 6 nitrogen and oxygen atoms in total. The third-order valence-corrected chi connectivity index (χ3v) is 5.13. The highest BCUT2D eigenvalue weighted by atomic mass is 35.5. The van der Waals surface area contributed by atoms with E-state index in [1.807, 2.05) is 26.0 Å². The number of benzene rings is 2. The molecule has 3 aromatic rings. The van der Waals surface area contributed by atoms with Crippen LogP contribution in [0.3, 0.4) is 0 Å². The number of hydrogen-bond acceptors (Lipinski definition) is 6. The van der Waals surface area contributed by atoms with Gasteiger partial charge >= 0.3 is 5.97 Å². The van der Waals surface area contributed by atoms with Gasteiger partial charge in [0.2, 0.25) is 0 Å². The fourth-order valence-electron chi connectivity index (χ4n) is 2.50. The number of esters is 1. The SMILES string of the molecule is Cc1cc(C)c2nc(NC(=O)COC(=O)COc3ccc(Cl)cc3Cl)sc2c1. The molecule has 2 aromatic carbocycles. The van der Waals surface area contributed by atoms with Crippen LogP contribution in [0.4, 0.5) is 5.13 Å². The van der Waals surface area contributed by atoms with E-state index in [2.05, 4.69) is 10.3 Å². The number of thiazole rings is 1. The molecule has 0 spiro atoms. The number of amides is 1. The summed E-state index contributed by atoms with van der Waals surface area (Å²) in [5.74, 6) is -0.879. The molecular formula is C19H16Cl2N2O4S. The van der Waals surface area contributed by atoms with E-state index < -0.39 is 18.5 Å². The molecule has 1 amide bonds. The molecule has 1 N–H and O–H groups in total. The zero-order chi connectivity index (χ0) is 20.3. The maximum atomic E-state index is 12.0. The van der Waals surface area contributed by atoms with E-state index in [1.165, 1.54) is 17.4 Å². The Morgan fingerprint density at radius 3 is 2.68 bits per heavy atom. The summed E-state index contributed by atoms with van der Waals surface area (Å²) in [6, 6.07) is 8.67. The third kappa shape index (κ3) is 5.13. The van der Waals surface area contributed by atoms with Crippen LogP contribution in [-0.2, 0) is 14.3 Å². The Kier molecular flexibility index (Phi) is 6.39. The number of nitrogens with one attached hydrogen (secondary N) is 1. The van der Waals surface area contributed by atoms with Crippen molar-refractivity contribution in [3.8, 4) is 5.75 Å². The van der Waals surface area contributed by atoms with Crippen LogP contribution in [0.15, 0.2) is 30.3 Å². The Hall–Kier alpha value is -2.35. The van der Waals surface area contributed by atoms with Crippen LogP contribution < -0.4 is 10.1 Å². The first kappa shape index (κ1) is 20.4. The number of fused-ring (bicyclic) bond motifs is 1. The van der Waals surface area contributed by atoms with Crippen molar-refractivity contribution in [2.45, 2.75) is 13.8 Å². The van der Waals surface area contributed by atoms with Crippen molar-refractivity contribution in [3.63, 3.8) is 0 Å². The second kappa shape index (κ2) is 8.77. The summed E-state index contributed by atoms with van der Waals surface area (Å²) in [4.78, 5) is 28.2. The molecular weight excluding hydrogens is 423 g/mol. The van der Waals surface area contributed by atoms with Crippen LogP contribution in [-0.4, -0.2) is 30.1 Å². The van der Waals surface area contributed by atoms with Crippen molar-refractivity contribution in [2.24, 2.45) is 0 Å². The Balaban J connectivity index is 1.50. The zero-order valence-electron chi connectivity index (χ0n) is 15.0. The van der Waals surface area contributed by atoms with Gasteiger partial charge in [-0.15, -0.1) is 0 Å². The number of aryl methyl sites for hydroxylation is 2. The molecule has 146 valence electrons. The Bertz CT molecular complexity index is 1050. The highest BCUT2D eigenvalue weighted by molar-refractivity contribution is 7.22. The second-order valence-electron chi connectivity index (χ2n) is 6.02. The van der Waals surface area contributed by atoms with Crippen molar-refractivity contribution in [2.75, 3.05) is 18.5 Å². The highest BCUT2D eigenvalue weighted by Gasteiger charge is 2.13. The van der Waals surface area contributed by atoms with Crippen LogP contribution in [0.25, 0.3) is 10.2 Å². The van der Waals surface area contributed by atoms with Crippen molar-refractivity contribution in [1.29, 1.82) is 0 Å². The monoisotopic (exact) mass is 438 g/mol. The van der Waals surface area contributed by atoms with Gasteiger partial charge in [-0.1, -0.05) is 40.6 Å². The number of anilines is 1. The summed E-state index contributed by atoms with van der Waals surface area (Å²) in [5, 5.41) is 3.82. The normalized spacial score (nSPS) is 10.7. The largest absolute Gasteiger partial charge is 0.480 e. The van der Waals surface area contributed by atoms with Gasteiger partial charge in [0.1, 0.15) is 5.75 Å². The van der Waals surface area contributed by atoms with Crippen LogP contribution in [0.1, 0.15) is 11.1 Å². The zero-order valence-corrected chi connectivity index (χ0v) is 17.4. The lowest BCUT2D eigenvalue weighted by Crippen LogP contribution is -2.23. The molecule has 0 aliphatic heterocycles. The Morgan fingerprint density at radius 2 is 1.93 bits per heavy atom. The average Bonchev–Trinajstić information content (AvgIpc) is 3.01. The molecule has 0 saturated carbocycles. The second-order valence-corrected chi connectivity index (χ2v) is 7.89. The molecule has 3 rings (SSSR count). The van der Waals surface area contributed by atoms with E-state index in [4.69, 9.17) is 32.7 Å². The molecule has 1 heterocycles. The predicted octanol–water partition coefficient (Wildman–Crippen LogP) is 4.78. The lowest BCUT2D eigenvalue weighted by molar-refractivity contribution is -0.149. The first-order valence-corrected chi connectivity index (χ1v) is 9.80. The molecule has 0 aliphatic rings. The van der Waals surface area contributed by atoms with E-state index >= 15 is 0 Å². The number of rotatable bonds is 6. The molecule has 9 heteroatoms. The van der Waals surface area contributed by atoms with Gasteiger partial charge in [-0.3, -0.25) is 10.1 Å². The maximum absolute atomic E-state index is 12.0. The molecule has 0 fully saturated rings. The van der Waals surface area contributed by atoms with Crippen LogP contribution >= 0.6 is 34.5 Å². The summed E-state index contributed by atoms with van der Waals surface area (Å²) in [5.41, 5.74) is 3.01. The Morgan fingerprint density at radius 1 is 1.14 bits per heavy atom. The lowest BCUT2D eigenvalue weighted by atomic mass is 10.1. The van der Waals surface area contributed by atoms with Gasteiger partial charge in [0.15, 0.2) is 18.3 Å². The number of carbonyl (C=O) groups excluding carboxylic acids is 2. The number of halogens is 2. The van der Waals surface area contributed by atoms with Crippen LogP contribution in [0.5, 0.6) is 5.75 Å². The minimum absolute atomic E-state index is 0.277. The van der Waals surface area contributed by atoms with Crippen molar-refractivity contribution in [1.82, 2.24) is 4.98 Å². The van der Waals surface area contributed by atoms with Gasteiger partial charge in [0.25, 0.3) is 5.91 Å². The highest BCUT2D eigenvalue weighted by Crippen LogP contribution is 2.29. The maximum Gasteiger partial charge on any atom is 0.344 e. The molecule has 28 heavy (non-hydrogen) atoms.